The van der Waals surface area contributed by atoms with Crippen LogP contribution in [-0.2, 0) is 16.5 Å². The van der Waals surface area contributed by atoms with Crippen LogP contribution < -0.4 is 0 Å². The van der Waals surface area contributed by atoms with Crippen LogP contribution >= 0.6 is 0 Å². The van der Waals surface area contributed by atoms with Gasteiger partial charge in [0.05, 0.1) is 10.4 Å². The average molecular weight is 265 g/mol. The molecule has 2 aromatic rings. The van der Waals surface area contributed by atoms with Crippen LogP contribution in [0.5, 0.6) is 0 Å². The van der Waals surface area contributed by atoms with Crippen molar-refractivity contribution in [3.63, 3.8) is 0 Å². The predicted octanol–water partition coefficient (Wildman–Crippen LogP) is 2.82. The van der Waals surface area contributed by atoms with Gasteiger partial charge in [0, 0.05) is 11.1 Å². The normalized spacial score (nSPS) is 11.9. The molecule has 4 nitrogen and oxygen atoms in total. The van der Waals surface area contributed by atoms with E-state index in [0.717, 1.165) is 30.5 Å². The number of aryl methyl sites for hydroxylation is 1. The first-order chi connectivity index (χ1) is 8.50. The topological polar surface area (TPSA) is 67.3 Å². The van der Waals surface area contributed by atoms with Gasteiger partial charge in [-0.1, -0.05) is 19.4 Å². The second kappa shape index (κ2) is 5.04. The van der Waals surface area contributed by atoms with Crippen LogP contribution in [0.3, 0.4) is 0 Å². The van der Waals surface area contributed by atoms with E-state index in [2.05, 4.69) is 11.9 Å². The van der Waals surface area contributed by atoms with E-state index in [4.69, 9.17) is 4.55 Å². The first-order valence-corrected chi connectivity index (χ1v) is 7.32. The van der Waals surface area contributed by atoms with Crippen molar-refractivity contribution >= 4 is 21.0 Å². The van der Waals surface area contributed by atoms with Gasteiger partial charge in [0.15, 0.2) is 0 Å². The summed E-state index contributed by atoms with van der Waals surface area (Å²) in [7, 11) is -4.15. The fourth-order valence-corrected chi connectivity index (χ4v) is 2.32. The zero-order valence-corrected chi connectivity index (χ0v) is 10.9. The molecule has 0 spiro atoms. The van der Waals surface area contributed by atoms with Crippen LogP contribution in [0.4, 0.5) is 0 Å². The molecule has 0 aliphatic carbocycles. The van der Waals surface area contributed by atoms with Crippen LogP contribution in [0.1, 0.15) is 25.5 Å². The summed E-state index contributed by atoms with van der Waals surface area (Å²) in [6.45, 7) is 2.12. The third kappa shape index (κ3) is 2.86. The van der Waals surface area contributed by atoms with E-state index in [0.29, 0.717) is 5.39 Å². The Morgan fingerprint density at radius 1 is 1.22 bits per heavy atom. The molecule has 0 bridgehead atoms. The smallest absolute Gasteiger partial charge is 0.282 e. The van der Waals surface area contributed by atoms with Gasteiger partial charge in [-0.15, -0.1) is 0 Å². The van der Waals surface area contributed by atoms with Gasteiger partial charge in [0.1, 0.15) is 0 Å². The minimum Gasteiger partial charge on any atom is -0.282 e. The molecule has 96 valence electrons. The highest BCUT2D eigenvalue weighted by Gasteiger charge is 2.10. The Labute approximate surface area is 106 Å². The summed E-state index contributed by atoms with van der Waals surface area (Å²) in [6, 6.07) is 8.15. The summed E-state index contributed by atoms with van der Waals surface area (Å²) in [4.78, 5) is 4.36. The highest BCUT2D eigenvalue weighted by atomic mass is 32.2. The lowest BCUT2D eigenvalue weighted by molar-refractivity contribution is 0.483. The standard InChI is InChI=1S/C13H15NO3S/c1-2-3-4-11-6-5-10-9-12(18(15,16)17)7-8-13(10)14-11/h5-9H,2-4H2,1H3,(H,15,16,17). The number of hydrogen-bond donors (Lipinski definition) is 1. The molecule has 1 aromatic carbocycles. The second-order valence-electron chi connectivity index (χ2n) is 4.24. The third-order valence-electron chi connectivity index (χ3n) is 2.80. The van der Waals surface area contributed by atoms with Crippen LogP contribution in [0.25, 0.3) is 10.9 Å². The van der Waals surface area contributed by atoms with Gasteiger partial charge in [-0.3, -0.25) is 9.54 Å². The minimum atomic E-state index is -4.15. The molecular formula is C13H15NO3S. The van der Waals surface area contributed by atoms with Crippen molar-refractivity contribution in [1.82, 2.24) is 4.98 Å². The molecule has 0 amide bonds. The van der Waals surface area contributed by atoms with E-state index in [-0.39, 0.29) is 4.90 Å². The number of unbranched alkanes of at least 4 members (excludes halogenated alkanes) is 1. The summed E-state index contributed by atoms with van der Waals surface area (Å²) in [5.74, 6) is 0. The SMILES string of the molecule is CCCCc1ccc2cc(S(=O)(=O)O)ccc2n1. The quantitative estimate of drug-likeness (QED) is 0.863. The summed E-state index contributed by atoms with van der Waals surface area (Å²) in [5.41, 5.74) is 1.75. The number of fused-ring (bicyclic) bond motifs is 1. The first kappa shape index (κ1) is 13.0. The van der Waals surface area contributed by atoms with Gasteiger partial charge in [0.2, 0.25) is 0 Å². The Kier molecular flexibility index (Phi) is 3.63. The number of benzene rings is 1. The van der Waals surface area contributed by atoms with Gasteiger partial charge >= 0.3 is 0 Å². The molecule has 0 radical (unpaired) electrons. The number of pyridine rings is 1. The zero-order chi connectivity index (χ0) is 13.2. The fourth-order valence-electron chi connectivity index (χ4n) is 1.80. The van der Waals surface area contributed by atoms with Gasteiger partial charge in [-0.05, 0) is 37.1 Å². The summed E-state index contributed by atoms with van der Waals surface area (Å²) in [5, 5.41) is 0.713. The van der Waals surface area contributed by atoms with Crippen LogP contribution in [0.2, 0.25) is 0 Å². The predicted molar refractivity (Wildman–Crippen MR) is 70.2 cm³/mol. The summed E-state index contributed by atoms with van der Waals surface area (Å²) in [6.07, 6.45) is 3.12. The summed E-state index contributed by atoms with van der Waals surface area (Å²) >= 11 is 0. The summed E-state index contributed by atoms with van der Waals surface area (Å²) < 4.78 is 31.0. The van der Waals surface area contributed by atoms with Crippen LogP contribution in [-0.4, -0.2) is 18.0 Å². The van der Waals surface area contributed by atoms with Crippen molar-refractivity contribution in [3.8, 4) is 0 Å². The van der Waals surface area contributed by atoms with Crippen LogP contribution in [0, 0.1) is 0 Å². The van der Waals surface area contributed by atoms with E-state index in [1.807, 2.05) is 12.1 Å². The molecular weight excluding hydrogens is 250 g/mol. The molecule has 1 aromatic heterocycles. The molecule has 18 heavy (non-hydrogen) atoms. The maximum Gasteiger partial charge on any atom is 0.294 e. The van der Waals surface area contributed by atoms with E-state index in [1.165, 1.54) is 12.1 Å². The van der Waals surface area contributed by atoms with Crippen molar-refractivity contribution in [2.45, 2.75) is 31.1 Å². The minimum absolute atomic E-state index is 0.0990. The molecule has 0 saturated heterocycles. The molecule has 0 atom stereocenters. The average Bonchev–Trinajstić information content (AvgIpc) is 2.34. The number of aromatic nitrogens is 1. The number of rotatable bonds is 4. The van der Waals surface area contributed by atoms with Gasteiger partial charge in [-0.2, -0.15) is 8.42 Å². The molecule has 0 saturated carbocycles. The Balaban J connectivity index is 2.42. The number of nitrogens with zero attached hydrogens (tertiary/aromatic N) is 1. The lowest BCUT2D eigenvalue weighted by atomic mass is 10.1. The Bertz CT molecular complexity index is 665. The van der Waals surface area contributed by atoms with Crippen molar-refractivity contribution in [2.24, 2.45) is 0 Å². The lowest BCUT2D eigenvalue weighted by Gasteiger charge is -2.03. The zero-order valence-electron chi connectivity index (χ0n) is 10.1. The Morgan fingerprint density at radius 2 is 2.00 bits per heavy atom. The van der Waals surface area contributed by atoms with Crippen LogP contribution in [0.15, 0.2) is 35.2 Å². The molecule has 0 aliphatic heterocycles. The number of hydrogen-bond acceptors (Lipinski definition) is 3. The van der Waals surface area contributed by atoms with Gasteiger partial charge in [0.25, 0.3) is 10.1 Å². The molecule has 2 rings (SSSR count). The third-order valence-corrected chi connectivity index (χ3v) is 3.65. The Morgan fingerprint density at radius 3 is 2.67 bits per heavy atom. The van der Waals surface area contributed by atoms with Crippen molar-refractivity contribution in [3.05, 3.63) is 36.0 Å². The molecule has 1 heterocycles. The maximum absolute atomic E-state index is 11.0. The monoisotopic (exact) mass is 265 g/mol. The second-order valence-corrected chi connectivity index (χ2v) is 5.66. The molecule has 0 fully saturated rings. The highest BCUT2D eigenvalue weighted by Crippen LogP contribution is 2.18. The van der Waals surface area contributed by atoms with E-state index >= 15 is 0 Å². The van der Waals surface area contributed by atoms with Crippen molar-refractivity contribution in [1.29, 1.82) is 0 Å². The van der Waals surface area contributed by atoms with Gasteiger partial charge < -0.3 is 0 Å². The van der Waals surface area contributed by atoms with Crippen molar-refractivity contribution < 1.29 is 13.0 Å². The molecule has 0 aliphatic rings. The van der Waals surface area contributed by atoms with E-state index < -0.39 is 10.1 Å². The van der Waals surface area contributed by atoms with Crippen molar-refractivity contribution in [2.75, 3.05) is 0 Å². The Hall–Kier alpha value is -1.46. The highest BCUT2D eigenvalue weighted by molar-refractivity contribution is 7.85. The molecule has 0 unspecified atom stereocenters. The molecule has 5 heteroatoms. The van der Waals surface area contributed by atoms with E-state index in [9.17, 15) is 8.42 Å². The lowest BCUT2D eigenvalue weighted by Crippen LogP contribution is -1.98. The van der Waals surface area contributed by atoms with E-state index in [1.54, 1.807) is 6.07 Å². The fraction of sp³-hybridized carbons (Fsp3) is 0.308. The molecule has 1 N–H and O–H groups in total. The van der Waals surface area contributed by atoms with Gasteiger partial charge in [-0.25, -0.2) is 0 Å². The largest absolute Gasteiger partial charge is 0.294 e. The maximum atomic E-state index is 11.0. The first-order valence-electron chi connectivity index (χ1n) is 5.88.